The van der Waals surface area contributed by atoms with Gasteiger partial charge in [0.1, 0.15) is 11.4 Å². The predicted octanol–water partition coefficient (Wildman–Crippen LogP) is 3.83. The van der Waals surface area contributed by atoms with Crippen molar-refractivity contribution in [1.29, 1.82) is 0 Å². The van der Waals surface area contributed by atoms with E-state index in [-0.39, 0.29) is 12.7 Å². The lowest BCUT2D eigenvalue weighted by atomic mass is 10.1. The monoisotopic (exact) mass is 445 g/mol. The lowest BCUT2D eigenvalue weighted by molar-refractivity contribution is 0.0950. The highest BCUT2D eigenvalue weighted by atomic mass is 16.7. The van der Waals surface area contributed by atoms with Gasteiger partial charge in [-0.3, -0.25) is 4.79 Å². The third-order valence-corrected chi connectivity index (χ3v) is 6.14. The molecule has 8 heteroatoms. The van der Waals surface area contributed by atoms with Gasteiger partial charge in [0.05, 0.1) is 0 Å². The first-order valence-electron chi connectivity index (χ1n) is 11.2. The molecule has 2 aliphatic rings. The van der Waals surface area contributed by atoms with Crippen molar-refractivity contribution in [3.05, 3.63) is 60.3 Å². The first kappa shape index (κ1) is 21.2. The topological polar surface area (TPSA) is 88.6 Å². The van der Waals surface area contributed by atoms with E-state index >= 15 is 0 Å². The number of carbonyl (C=O) groups excluding carboxylic acids is 1. The molecule has 1 aromatic heterocycles. The molecule has 5 rings (SSSR count). The Morgan fingerprint density at radius 3 is 2.82 bits per heavy atom. The van der Waals surface area contributed by atoms with Crippen LogP contribution in [0.5, 0.6) is 11.5 Å². The van der Waals surface area contributed by atoms with Gasteiger partial charge >= 0.3 is 0 Å². The fourth-order valence-corrected chi connectivity index (χ4v) is 4.27. The highest BCUT2D eigenvalue weighted by Gasteiger charge is 2.22. The Labute approximate surface area is 193 Å². The Morgan fingerprint density at radius 2 is 2.00 bits per heavy atom. The number of benzene rings is 2. The lowest BCUT2D eigenvalue weighted by Gasteiger charge is -2.19. The Morgan fingerprint density at radius 1 is 1.15 bits per heavy atom. The second kappa shape index (κ2) is 9.46. The number of rotatable bonds is 7. The molecule has 1 fully saturated rings. The molecule has 8 nitrogen and oxygen atoms in total. The van der Waals surface area contributed by atoms with Crippen molar-refractivity contribution in [3.8, 4) is 22.9 Å². The van der Waals surface area contributed by atoms with Gasteiger partial charge in [0.15, 0.2) is 17.3 Å². The van der Waals surface area contributed by atoms with Crippen LogP contribution in [0.25, 0.3) is 11.4 Å². The van der Waals surface area contributed by atoms with Gasteiger partial charge < -0.3 is 25.0 Å². The van der Waals surface area contributed by atoms with Crippen LogP contribution in [0.15, 0.2) is 54.7 Å². The molecule has 2 aliphatic heterocycles. The zero-order valence-electron chi connectivity index (χ0n) is 18.6. The SMILES string of the molecule is CN1CCCC1CCNC(=O)c1cnc(-c2ccc3c(c2)OCO3)nc1Nc1ccccc1. The summed E-state index contributed by atoms with van der Waals surface area (Å²) in [6, 6.07) is 15.8. The van der Waals surface area contributed by atoms with Crippen molar-refractivity contribution < 1.29 is 14.3 Å². The highest BCUT2D eigenvalue weighted by Crippen LogP contribution is 2.35. The minimum absolute atomic E-state index is 0.189. The molecule has 170 valence electrons. The standard InChI is InChI=1S/C25H27N5O3/c1-30-13-5-8-19(30)11-12-26-25(31)20-15-27-23(17-9-10-21-22(14-17)33-16-32-21)29-24(20)28-18-6-3-2-4-7-18/h2-4,6-7,9-10,14-15,19H,5,8,11-13,16H2,1H3,(H,26,31)(H,27,28,29). The number of anilines is 2. The van der Waals surface area contributed by atoms with Gasteiger partial charge in [0, 0.05) is 30.0 Å². The van der Waals surface area contributed by atoms with Gasteiger partial charge in [0.2, 0.25) is 6.79 Å². The molecule has 0 saturated carbocycles. The number of likely N-dealkylation sites (tertiary alicyclic amines) is 1. The lowest BCUT2D eigenvalue weighted by Crippen LogP contribution is -2.32. The minimum Gasteiger partial charge on any atom is -0.454 e. The third-order valence-electron chi connectivity index (χ3n) is 6.14. The number of aromatic nitrogens is 2. The van der Waals surface area contributed by atoms with Crippen molar-refractivity contribution in [2.45, 2.75) is 25.3 Å². The van der Waals surface area contributed by atoms with Crippen LogP contribution in [0, 0.1) is 0 Å². The van der Waals surface area contributed by atoms with E-state index in [1.807, 2.05) is 48.5 Å². The molecule has 0 aliphatic carbocycles. The summed E-state index contributed by atoms with van der Waals surface area (Å²) in [4.78, 5) is 24.6. The molecule has 0 spiro atoms. The summed E-state index contributed by atoms with van der Waals surface area (Å²) in [6.07, 6.45) is 4.91. The summed E-state index contributed by atoms with van der Waals surface area (Å²) in [5, 5.41) is 6.32. The van der Waals surface area contributed by atoms with E-state index in [1.54, 1.807) is 6.20 Å². The van der Waals surface area contributed by atoms with Crippen LogP contribution in [0.3, 0.4) is 0 Å². The Kier molecular flexibility index (Phi) is 6.08. The molecule has 33 heavy (non-hydrogen) atoms. The summed E-state index contributed by atoms with van der Waals surface area (Å²) in [5.74, 6) is 2.12. The number of hydrogen-bond acceptors (Lipinski definition) is 7. The smallest absolute Gasteiger partial charge is 0.256 e. The number of carbonyl (C=O) groups is 1. The van der Waals surface area contributed by atoms with Gasteiger partial charge in [-0.2, -0.15) is 0 Å². The molecule has 0 radical (unpaired) electrons. The maximum Gasteiger partial charge on any atom is 0.256 e. The molecule has 1 atom stereocenters. The van der Waals surface area contributed by atoms with Gasteiger partial charge in [-0.1, -0.05) is 18.2 Å². The molecule has 3 aromatic rings. The number of ether oxygens (including phenoxy) is 2. The van der Waals surface area contributed by atoms with Crippen molar-refractivity contribution in [2.75, 3.05) is 32.2 Å². The summed E-state index contributed by atoms with van der Waals surface area (Å²) in [6.45, 7) is 1.94. The third kappa shape index (κ3) is 4.75. The summed E-state index contributed by atoms with van der Waals surface area (Å²) < 4.78 is 10.9. The summed E-state index contributed by atoms with van der Waals surface area (Å²) in [5.41, 5.74) is 2.03. The van der Waals surface area contributed by atoms with Crippen molar-refractivity contribution >= 4 is 17.4 Å². The van der Waals surface area contributed by atoms with E-state index in [4.69, 9.17) is 14.5 Å². The number of para-hydroxylation sites is 1. The van der Waals surface area contributed by atoms with Crippen molar-refractivity contribution in [3.63, 3.8) is 0 Å². The van der Waals surface area contributed by atoms with Crippen LogP contribution in [0.2, 0.25) is 0 Å². The summed E-state index contributed by atoms with van der Waals surface area (Å²) >= 11 is 0. The quantitative estimate of drug-likeness (QED) is 0.571. The Hall–Kier alpha value is -3.65. The van der Waals surface area contributed by atoms with Crippen LogP contribution < -0.4 is 20.1 Å². The maximum absolute atomic E-state index is 13.0. The van der Waals surface area contributed by atoms with Crippen molar-refractivity contribution in [1.82, 2.24) is 20.2 Å². The molecule has 1 saturated heterocycles. The number of nitrogens with zero attached hydrogens (tertiary/aromatic N) is 3. The van der Waals surface area contributed by atoms with E-state index in [2.05, 4.69) is 27.6 Å². The Bertz CT molecular complexity index is 1140. The number of amides is 1. The van der Waals surface area contributed by atoms with E-state index in [1.165, 1.54) is 12.8 Å². The molecular formula is C25H27N5O3. The predicted molar refractivity (Wildman–Crippen MR) is 126 cm³/mol. The average molecular weight is 446 g/mol. The fraction of sp³-hybridized carbons (Fsp3) is 0.320. The molecule has 1 amide bonds. The van der Waals surface area contributed by atoms with E-state index in [0.717, 1.165) is 24.2 Å². The van der Waals surface area contributed by atoms with Crippen LogP contribution in [-0.2, 0) is 0 Å². The normalized spacial score (nSPS) is 17.2. The van der Waals surface area contributed by atoms with Gasteiger partial charge in [-0.05, 0) is 63.2 Å². The number of fused-ring (bicyclic) bond motifs is 1. The second-order valence-corrected chi connectivity index (χ2v) is 8.34. The van der Waals surface area contributed by atoms with E-state index in [9.17, 15) is 4.79 Å². The summed E-state index contributed by atoms with van der Waals surface area (Å²) in [7, 11) is 2.14. The van der Waals surface area contributed by atoms with Crippen LogP contribution in [0.4, 0.5) is 11.5 Å². The van der Waals surface area contributed by atoms with Crippen LogP contribution in [0.1, 0.15) is 29.6 Å². The number of hydrogen-bond donors (Lipinski definition) is 2. The average Bonchev–Trinajstić information content (AvgIpc) is 3.48. The molecule has 2 aromatic carbocycles. The maximum atomic E-state index is 13.0. The van der Waals surface area contributed by atoms with E-state index in [0.29, 0.717) is 41.3 Å². The van der Waals surface area contributed by atoms with Gasteiger partial charge in [-0.25, -0.2) is 9.97 Å². The fourth-order valence-electron chi connectivity index (χ4n) is 4.27. The first-order valence-corrected chi connectivity index (χ1v) is 11.2. The zero-order chi connectivity index (χ0) is 22.6. The van der Waals surface area contributed by atoms with E-state index < -0.39 is 0 Å². The molecule has 1 unspecified atom stereocenters. The molecule has 0 bridgehead atoms. The first-order chi connectivity index (χ1) is 16.2. The van der Waals surface area contributed by atoms with Crippen LogP contribution in [-0.4, -0.2) is 53.7 Å². The zero-order valence-corrected chi connectivity index (χ0v) is 18.6. The van der Waals surface area contributed by atoms with Crippen molar-refractivity contribution in [2.24, 2.45) is 0 Å². The molecular weight excluding hydrogens is 418 g/mol. The molecule has 2 N–H and O–H groups in total. The van der Waals surface area contributed by atoms with Gasteiger partial charge in [-0.15, -0.1) is 0 Å². The number of nitrogens with one attached hydrogen (secondary N) is 2. The largest absolute Gasteiger partial charge is 0.454 e. The second-order valence-electron chi connectivity index (χ2n) is 8.34. The molecule has 3 heterocycles. The highest BCUT2D eigenvalue weighted by molar-refractivity contribution is 5.99. The minimum atomic E-state index is -0.189. The van der Waals surface area contributed by atoms with Gasteiger partial charge in [0.25, 0.3) is 5.91 Å². The Balaban J connectivity index is 1.38. The van der Waals surface area contributed by atoms with Crippen LogP contribution >= 0.6 is 0 Å².